The third-order valence-electron chi connectivity index (χ3n) is 4.64. The Morgan fingerprint density at radius 2 is 2.04 bits per heavy atom. The summed E-state index contributed by atoms with van der Waals surface area (Å²) in [6.07, 6.45) is 2.19. The van der Waals surface area contributed by atoms with Crippen molar-refractivity contribution in [3.63, 3.8) is 0 Å². The Balaban J connectivity index is 1.46. The van der Waals surface area contributed by atoms with Crippen LogP contribution in [-0.4, -0.2) is 54.5 Å². The first-order valence-corrected chi connectivity index (χ1v) is 10.2. The van der Waals surface area contributed by atoms with Gasteiger partial charge in [0.1, 0.15) is 17.5 Å². The molecular weight excluding hydrogens is 378 g/mol. The number of methoxy groups -OCH3 is 1. The number of benzene rings is 1. The van der Waals surface area contributed by atoms with Crippen molar-refractivity contribution < 1.29 is 19.1 Å². The Morgan fingerprint density at radius 1 is 1.29 bits per heavy atom. The maximum Gasteiger partial charge on any atom is 0.261 e. The summed E-state index contributed by atoms with van der Waals surface area (Å²) in [6, 6.07) is 6.62. The van der Waals surface area contributed by atoms with E-state index in [4.69, 9.17) is 9.47 Å². The van der Waals surface area contributed by atoms with Gasteiger partial charge in [0.05, 0.1) is 17.8 Å². The van der Waals surface area contributed by atoms with E-state index in [0.717, 1.165) is 22.9 Å². The van der Waals surface area contributed by atoms with Crippen molar-refractivity contribution in [1.29, 1.82) is 0 Å². The van der Waals surface area contributed by atoms with Crippen LogP contribution < -0.4 is 14.8 Å². The topological polar surface area (TPSA) is 80.8 Å². The van der Waals surface area contributed by atoms with Gasteiger partial charge in [-0.15, -0.1) is 11.3 Å². The number of aromatic nitrogens is 1. The number of likely N-dealkylation sites (tertiary alicyclic amines) is 1. The molecule has 0 spiro atoms. The van der Waals surface area contributed by atoms with Gasteiger partial charge in [-0.3, -0.25) is 9.59 Å². The molecule has 0 radical (unpaired) electrons. The molecule has 7 nitrogen and oxygen atoms in total. The molecule has 1 unspecified atom stereocenters. The number of carbonyl (C=O) groups is 2. The lowest BCUT2D eigenvalue weighted by Crippen LogP contribution is -2.47. The molecule has 1 saturated heterocycles. The van der Waals surface area contributed by atoms with Gasteiger partial charge in [-0.25, -0.2) is 4.98 Å². The maximum atomic E-state index is 12.5. The zero-order chi connectivity index (χ0) is 19.9. The zero-order valence-corrected chi connectivity index (χ0v) is 17.0. The fourth-order valence-corrected chi connectivity index (χ4v) is 3.84. The molecule has 3 rings (SSSR count). The number of hydrogen-bond acceptors (Lipinski definition) is 6. The van der Waals surface area contributed by atoms with Crippen molar-refractivity contribution in [3.05, 3.63) is 40.3 Å². The van der Waals surface area contributed by atoms with Crippen molar-refractivity contribution in [2.24, 2.45) is 0 Å². The number of hydrogen-bond donors (Lipinski definition) is 1. The summed E-state index contributed by atoms with van der Waals surface area (Å²) in [4.78, 5) is 31.1. The van der Waals surface area contributed by atoms with E-state index in [1.165, 1.54) is 0 Å². The minimum atomic E-state index is -0.427. The highest BCUT2D eigenvalue weighted by Gasteiger charge is 2.33. The number of nitrogens with one attached hydrogen (secondary N) is 1. The first-order chi connectivity index (χ1) is 13.6. The van der Waals surface area contributed by atoms with Gasteiger partial charge in [0.25, 0.3) is 5.91 Å². The zero-order valence-electron chi connectivity index (χ0n) is 16.1. The number of ether oxygens (including phenoxy) is 2. The quantitative estimate of drug-likeness (QED) is 0.731. The highest BCUT2D eigenvalue weighted by molar-refractivity contribution is 7.09. The van der Waals surface area contributed by atoms with Crippen molar-refractivity contribution in [1.82, 2.24) is 15.2 Å². The molecule has 28 heavy (non-hydrogen) atoms. The molecule has 2 heterocycles. The van der Waals surface area contributed by atoms with Crippen LogP contribution in [0, 0.1) is 6.92 Å². The standard InChI is InChI=1S/C20H25N3O4S/c1-14-22-15(13-28-14)9-10-21-20(25)18-4-3-11-23(18)19(24)12-27-17-7-5-16(26-2)6-8-17/h5-8,13,18H,3-4,9-12H2,1-2H3,(H,21,25). The van der Waals surface area contributed by atoms with Gasteiger partial charge >= 0.3 is 0 Å². The summed E-state index contributed by atoms with van der Waals surface area (Å²) >= 11 is 1.60. The van der Waals surface area contributed by atoms with E-state index in [0.29, 0.717) is 31.7 Å². The molecule has 0 bridgehead atoms. The van der Waals surface area contributed by atoms with E-state index in [-0.39, 0.29) is 18.4 Å². The smallest absolute Gasteiger partial charge is 0.261 e. The molecule has 1 aromatic carbocycles. The van der Waals surface area contributed by atoms with Crippen LogP contribution in [0.1, 0.15) is 23.5 Å². The van der Waals surface area contributed by atoms with E-state index in [1.54, 1.807) is 47.6 Å². The molecule has 1 aliphatic heterocycles. The Hall–Kier alpha value is -2.61. The van der Waals surface area contributed by atoms with E-state index in [9.17, 15) is 9.59 Å². The lowest BCUT2D eigenvalue weighted by atomic mass is 10.2. The fraction of sp³-hybridized carbons (Fsp3) is 0.450. The van der Waals surface area contributed by atoms with E-state index < -0.39 is 6.04 Å². The SMILES string of the molecule is COc1ccc(OCC(=O)N2CCCC2C(=O)NCCc2csc(C)n2)cc1. The molecular formula is C20H25N3O4S. The number of carbonyl (C=O) groups excluding carboxylic acids is 2. The molecule has 1 aromatic heterocycles. The van der Waals surface area contributed by atoms with E-state index in [2.05, 4.69) is 10.3 Å². The monoisotopic (exact) mass is 403 g/mol. The number of thiazole rings is 1. The third-order valence-corrected chi connectivity index (χ3v) is 5.47. The number of nitrogens with zero attached hydrogens (tertiary/aromatic N) is 2. The van der Waals surface area contributed by atoms with Gasteiger partial charge in [0, 0.05) is 24.9 Å². The second-order valence-electron chi connectivity index (χ2n) is 6.61. The predicted molar refractivity (Wildman–Crippen MR) is 107 cm³/mol. The van der Waals surface area contributed by atoms with Crippen LogP contribution in [0.3, 0.4) is 0 Å². The molecule has 150 valence electrons. The summed E-state index contributed by atoms with van der Waals surface area (Å²) in [5.41, 5.74) is 0.982. The largest absolute Gasteiger partial charge is 0.497 e. The Morgan fingerprint density at radius 3 is 2.71 bits per heavy atom. The first-order valence-electron chi connectivity index (χ1n) is 9.32. The van der Waals surface area contributed by atoms with Crippen LogP contribution >= 0.6 is 11.3 Å². The summed E-state index contributed by atoms with van der Waals surface area (Å²) in [7, 11) is 1.59. The number of rotatable bonds is 8. The molecule has 1 atom stereocenters. The van der Waals surface area contributed by atoms with Gasteiger partial charge < -0.3 is 19.7 Å². The third kappa shape index (κ3) is 5.22. The average Bonchev–Trinajstić information content (AvgIpc) is 3.35. The van der Waals surface area contributed by atoms with Crippen LogP contribution in [0.4, 0.5) is 0 Å². The first kappa shape index (κ1) is 20.1. The number of amides is 2. The fourth-order valence-electron chi connectivity index (χ4n) is 3.19. The van der Waals surface area contributed by atoms with Crippen LogP contribution in [0.5, 0.6) is 11.5 Å². The summed E-state index contributed by atoms with van der Waals surface area (Å²) in [5.74, 6) is 1.03. The Bertz CT molecular complexity index is 806. The van der Waals surface area contributed by atoms with Crippen LogP contribution in [0.15, 0.2) is 29.6 Å². The van der Waals surface area contributed by atoms with Crippen LogP contribution in [0.25, 0.3) is 0 Å². The van der Waals surface area contributed by atoms with Crippen molar-refractivity contribution in [2.75, 3.05) is 26.8 Å². The molecule has 2 aromatic rings. The second kappa shape index (κ2) is 9.54. The van der Waals surface area contributed by atoms with Crippen molar-refractivity contribution in [2.45, 2.75) is 32.2 Å². The molecule has 8 heteroatoms. The highest BCUT2D eigenvalue weighted by atomic mass is 32.1. The maximum absolute atomic E-state index is 12.5. The van der Waals surface area contributed by atoms with E-state index >= 15 is 0 Å². The van der Waals surface area contributed by atoms with Crippen molar-refractivity contribution >= 4 is 23.2 Å². The molecule has 1 fully saturated rings. The number of aryl methyl sites for hydroxylation is 1. The van der Waals surface area contributed by atoms with Gasteiger partial charge in [-0.2, -0.15) is 0 Å². The Kier molecular flexibility index (Phi) is 6.86. The minimum Gasteiger partial charge on any atom is -0.497 e. The molecule has 1 aliphatic rings. The summed E-state index contributed by atoms with van der Waals surface area (Å²) in [5, 5.41) is 5.95. The molecule has 0 aliphatic carbocycles. The molecule has 0 saturated carbocycles. The summed E-state index contributed by atoms with van der Waals surface area (Å²) in [6.45, 7) is 2.97. The lowest BCUT2D eigenvalue weighted by molar-refractivity contribution is -0.139. The van der Waals surface area contributed by atoms with E-state index in [1.807, 2.05) is 12.3 Å². The normalized spacial score (nSPS) is 16.1. The molecule has 2 amide bonds. The average molecular weight is 404 g/mol. The van der Waals surface area contributed by atoms with Gasteiger partial charge in [0.2, 0.25) is 5.91 Å². The second-order valence-corrected chi connectivity index (χ2v) is 7.67. The van der Waals surface area contributed by atoms with Gasteiger partial charge in [0.15, 0.2) is 6.61 Å². The van der Waals surface area contributed by atoms with Gasteiger partial charge in [-0.1, -0.05) is 0 Å². The predicted octanol–water partition coefficient (Wildman–Crippen LogP) is 2.19. The van der Waals surface area contributed by atoms with Crippen LogP contribution in [0.2, 0.25) is 0 Å². The summed E-state index contributed by atoms with van der Waals surface area (Å²) < 4.78 is 10.7. The highest BCUT2D eigenvalue weighted by Crippen LogP contribution is 2.20. The van der Waals surface area contributed by atoms with Crippen LogP contribution in [-0.2, 0) is 16.0 Å². The lowest BCUT2D eigenvalue weighted by Gasteiger charge is -2.24. The minimum absolute atomic E-state index is 0.0891. The van der Waals surface area contributed by atoms with Gasteiger partial charge in [-0.05, 0) is 44.0 Å². The Labute approximate surface area is 168 Å². The molecule has 1 N–H and O–H groups in total. The van der Waals surface area contributed by atoms with Crippen molar-refractivity contribution in [3.8, 4) is 11.5 Å².